The van der Waals surface area contributed by atoms with Crippen molar-refractivity contribution in [1.82, 2.24) is 10.2 Å². The molecule has 2 aromatic carbocycles. The van der Waals surface area contributed by atoms with Crippen LogP contribution in [0.2, 0.25) is 0 Å². The summed E-state index contributed by atoms with van der Waals surface area (Å²) in [6.45, 7) is 1.72. The fraction of sp³-hybridized carbons (Fsp3) is 0.261. The molecule has 1 atom stereocenters. The van der Waals surface area contributed by atoms with Gasteiger partial charge in [-0.15, -0.1) is 10.2 Å². The monoisotopic (exact) mass is 388 g/mol. The van der Waals surface area contributed by atoms with Crippen LogP contribution in [0.3, 0.4) is 0 Å². The molecule has 0 bridgehead atoms. The van der Waals surface area contributed by atoms with E-state index in [1.54, 1.807) is 13.2 Å². The van der Waals surface area contributed by atoms with Crippen LogP contribution < -0.4 is 0 Å². The van der Waals surface area contributed by atoms with Crippen molar-refractivity contribution in [3.8, 4) is 11.5 Å². The van der Waals surface area contributed by atoms with E-state index in [2.05, 4.69) is 22.3 Å². The molecule has 0 fully saturated rings. The van der Waals surface area contributed by atoms with E-state index in [-0.39, 0.29) is 18.3 Å². The Kier molecular flexibility index (Phi) is 4.39. The molecule has 6 nitrogen and oxygen atoms in total. The summed E-state index contributed by atoms with van der Waals surface area (Å²) < 4.78 is 16.9. The highest BCUT2D eigenvalue weighted by atomic mass is 16.6. The van der Waals surface area contributed by atoms with Crippen LogP contribution in [0.1, 0.15) is 42.0 Å². The van der Waals surface area contributed by atoms with E-state index in [1.807, 2.05) is 30.3 Å². The number of rotatable bonds is 5. The second kappa shape index (κ2) is 7.20. The van der Waals surface area contributed by atoms with Gasteiger partial charge in [0.25, 0.3) is 5.89 Å². The fourth-order valence-corrected chi connectivity index (χ4v) is 3.83. The number of furan rings is 1. The van der Waals surface area contributed by atoms with Crippen LogP contribution in [0.5, 0.6) is 0 Å². The van der Waals surface area contributed by atoms with Crippen molar-refractivity contribution in [2.45, 2.75) is 38.7 Å². The minimum atomic E-state index is -0.630. The van der Waals surface area contributed by atoms with Crippen LogP contribution in [0.15, 0.2) is 57.6 Å². The van der Waals surface area contributed by atoms with E-state index in [9.17, 15) is 4.79 Å². The highest BCUT2D eigenvalue weighted by molar-refractivity contribution is 5.87. The summed E-state index contributed by atoms with van der Waals surface area (Å²) in [6, 6.07) is 13.7. The lowest BCUT2D eigenvalue weighted by molar-refractivity contribution is -0.148. The van der Waals surface area contributed by atoms with Gasteiger partial charge in [0.2, 0.25) is 5.89 Å². The first-order chi connectivity index (χ1) is 14.2. The average Bonchev–Trinajstić information content (AvgIpc) is 3.47. The maximum atomic E-state index is 12.5. The Labute approximate surface area is 167 Å². The lowest BCUT2D eigenvalue weighted by atomic mass is 10.0. The smallest absolute Gasteiger partial charge is 0.311 e. The standard InChI is InChI=1S/C23H20N2O4/c1-14(22-24-25-23(29-22)15-6-3-2-4-7-15)28-21(26)12-18-13-27-20-11-17-9-5-8-16(17)10-19(18)20/h2-4,6-7,10-11,13-14H,5,8-9,12H2,1H3. The van der Waals surface area contributed by atoms with Gasteiger partial charge in [0, 0.05) is 16.5 Å². The zero-order valence-corrected chi connectivity index (χ0v) is 16.1. The van der Waals surface area contributed by atoms with Gasteiger partial charge in [0.05, 0.1) is 12.7 Å². The van der Waals surface area contributed by atoms with Gasteiger partial charge in [-0.1, -0.05) is 18.2 Å². The number of ether oxygens (including phenoxy) is 1. The predicted molar refractivity (Wildman–Crippen MR) is 106 cm³/mol. The molecular formula is C23H20N2O4. The van der Waals surface area contributed by atoms with Gasteiger partial charge in [-0.25, -0.2) is 0 Å². The second-order valence-electron chi connectivity index (χ2n) is 7.35. The Hall–Kier alpha value is -3.41. The Morgan fingerprint density at radius 3 is 2.76 bits per heavy atom. The van der Waals surface area contributed by atoms with Crippen LogP contribution >= 0.6 is 0 Å². The molecule has 0 saturated carbocycles. The normalized spacial score (nSPS) is 14.1. The van der Waals surface area contributed by atoms with Crippen molar-refractivity contribution >= 4 is 16.9 Å². The van der Waals surface area contributed by atoms with Gasteiger partial charge >= 0.3 is 5.97 Å². The van der Waals surface area contributed by atoms with E-state index in [4.69, 9.17) is 13.6 Å². The van der Waals surface area contributed by atoms with Gasteiger partial charge in [0.1, 0.15) is 5.58 Å². The van der Waals surface area contributed by atoms with Gasteiger partial charge in [0.15, 0.2) is 6.10 Å². The molecular weight excluding hydrogens is 368 g/mol. The zero-order chi connectivity index (χ0) is 19.8. The Bertz CT molecular complexity index is 1180. The molecule has 1 aliphatic carbocycles. The minimum Gasteiger partial charge on any atom is -0.464 e. The maximum Gasteiger partial charge on any atom is 0.311 e. The number of fused-ring (bicyclic) bond motifs is 2. The third kappa shape index (κ3) is 3.42. The fourth-order valence-electron chi connectivity index (χ4n) is 3.83. The molecule has 0 spiro atoms. The number of hydrogen-bond acceptors (Lipinski definition) is 6. The minimum absolute atomic E-state index is 0.135. The van der Waals surface area contributed by atoms with Crippen LogP contribution in [0.4, 0.5) is 0 Å². The number of aryl methyl sites for hydroxylation is 2. The molecule has 1 unspecified atom stereocenters. The zero-order valence-electron chi connectivity index (χ0n) is 16.1. The highest BCUT2D eigenvalue weighted by Gasteiger charge is 2.21. The molecule has 0 radical (unpaired) electrons. The molecule has 2 aromatic heterocycles. The topological polar surface area (TPSA) is 78.4 Å². The summed E-state index contributed by atoms with van der Waals surface area (Å²) in [5, 5.41) is 9.05. The van der Waals surface area contributed by atoms with Gasteiger partial charge in [-0.05, 0) is 61.6 Å². The maximum absolute atomic E-state index is 12.5. The van der Waals surface area contributed by atoms with Crippen molar-refractivity contribution < 1.29 is 18.4 Å². The highest BCUT2D eigenvalue weighted by Crippen LogP contribution is 2.31. The van der Waals surface area contributed by atoms with Gasteiger partial charge < -0.3 is 13.6 Å². The molecule has 1 aliphatic rings. The summed E-state index contributed by atoms with van der Waals surface area (Å²) in [6.07, 6.45) is 4.50. The van der Waals surface area contributed by atoms with Crippen LogP contribution in [-0.2, 0) is 28.8 Å². The quantitative estimate of drug-likeness (QED) is 0.456. The number of aromatic nitrogens is 2. The third-order valence-electron chi connectivity index (χ3n) is 5.32. The van der Waals surface area contributed by atoms with Crippen LogP contribution in [0, 0.1) is 0 Å². The largest absolute Gasteiger partial charge is 0.464 e. The van der Waals surface area contributed by atoms with Crippen molar-refractivity contribution in [2.75, 3.05) is 0 Å². The van der Waals surface area contributed by atoms with Crippen molar-refractivity contribution in [1.29, 1.82) is 0 Å². The first kappa shape index (κ1) is 17.7. The van der Waals surface area contributed by atoms with Crippen molar-refractivity contribution in [3.05, 3.63) is 71.3 Å². The number of esters is 1. The summed E-state index contributed by atoms with van der Waals surface area (Å²) in [4.78, 5) is 12.5. The predicted octanol–water partition coefficient (Wildman–Crippen LogP) is 4.82. The molecule has 0 saturated heterocycles. The van der Waals surface area contributed by atoms with Crippen molar-refractivity contribution in [2.24, 2.45) is 0 Å². The number of carbonyl (C=O) groups is 1. The Morgan fingerprint density at radius 2 is 1.93 bits per heavy atom. The van der Waals surface area contributed by atoms with E-state index in [1.165, 1.54) is 17.5 Å². The Balaban J connectivity index is 1.29. The number of hydrogen-bond donors (Lipinski definition) is 0. The summed E-state index contributed by atoms with van der Waals surface area (Å²) in [7, 11) is 0. The van der Waals surface area contributed by atoms with Gasteiger partial charge in [-0.2, -0.15) is 0 Å². The summed E-state index contributed by atoms with van der Waals surface area (Å²) in [5.74, 6) is 0.311. The molecule has 5 rings (SSSR count). The Morgan fingerprint density at radius 1 is 1.14 bits per heavy atom. The van der Waals surface area contributed by atoms with E-state index in [0.717, 1.165) is 34.9 Å². The number of carbonyl (C=O) groups excluding carboxylic acids is 1. The van der Waals surface area contributed by atoms with Crippen molar-refractivity contribution in [3.63, 3.8) is 0 Å². The molecule has 4 aromatic rings. The number of benzene rings is 2. The van der Waals surface area contributed by atoms with Crippen LogP contribution in [0.25, 0.3) is 22.4 Å². The van der Waals surface area contributed by atoms with E-state index < -0.39 is 6.10 Å². The number of nitrogens with zero attached hydrogens (tertiary/aromatic N) is 2. The molecule has 2 heterocycles. The van der Waals surface area contributed by atoms with E-state index in [0.29, 0.717) is 5.89 Å². The second-order valence-corrected chi connectivity index (χ2v) is 7.35. The first-order valence-electron chi connectivity index (χ1n) is 9.77. The lowest BCUT2D eigenvalue weighted by Gasteiger charge is -2.09. The molecule has 0 N–H and O–H groups in total. The molecule has 146 valence electrons. The SMILES string of the molecule is CC(OC(=O)Cc1coc2cc3c(cc12)CCC3)c1nnc(-c2ccccc2)o1. The molecule has 0 aliphatic heterocycles. The lowest BCUT2D eigenvalue weighted by Crippen LogP contribution is -2.11. The first-order valence-corrected chi connectivity index (χ1v) is 9.77. The molecule has 29 heavy (non-hydrogen) atoms. The third-order valence-corrected chi connectivity index (χ3v) is 5.32. The summed E-state index contributed by atoms with van der Waals surface area (Å²) in [5.41, 5.74) is 5.18. The van der Waals surface area contributed by atoms with E-state index >= 15 is 0 Å². The van der Waals surface area contributed by atoms with Gasteiger partial charge in [-0.3, -0.25) is 4.79 Å². The summed E-state index contributed by atoms with van der Waals surface area (Å²) >= 11 is 0. The van der Waals surface area contributed by atoms with Crippen LogP contribution in [-0.4, -0.2) is 16.2 Å². The molecule has 6 heteroatoms. The molecule has 0 amide bonds. The average molecular weight is 388 g/mol.